The first-order valence-electron chi connectivity index (χ1n) is 10.9. The third-order valence-corrected chi connectivity index (χ3v) is 6.23. The lowest BCUT2D eigenvalue weighted by atomic mass is 9.92. The van der Waals surface area contributed by atoms with Gasteiger partial charge in [0.1, 0.15) is 0 Å². The quantitative estimate of drug-likeness (QED) is 0.497. The third-order valence-electron chi connectivity index (χ3n) is 5.98. The molecule has 1 saturated carbocycles. The largest absolute Gasteiger partial charge is 0.386 e. The number of nitrogens with zero attached hydrogens (tertiary/aromatic N) is 2. The molecule has 0 amide bonds. The monoisotopic (exact) mass is 406 g/mol. The lowest BCUT2D eigenvalue weighted by molar-refractivity contribution is 0.119. The van der Waals surface area contributed by atoms with E-state index in [2.05, 4.69) is 27.4 Å². The molecule has 0 spiro atoms. The first-order chi connectivity index (χ1) is 13.7. The third kappa shape index (κ3) is 6.36. The second kappa shape index (κ2) is 11.0. The SMILES string of the molecule is CCNC(=NCC(O)c1ccc(Cl)cc1)NC1CCN(C2CCCCC2)CC1. The molecule has 1 aromatic carbocycles. The number of aliphatic hydroxyl groups excluding tert-OH is 1. The van der Waals surface area contributed by atoms with Crippen LogP contribution in [0, 0.1) is 0 Å². The van der Waals surface area contributed by atoms with Gasteiger partial charge in [0.15, 0.2) is 5.96 Å². The van der Waals surface area contributed by atoms with Gasteiger partial charge in [-0.25, -0.2) is 0 Å². The van der Waals surface area contributed by atoms with Crippen LogP contribution in [0.15, 0.2) is 29.3 Å². The summed E-state index contributed by atoms with van der Waals surface area (Å²) in [5, 5.41) is 18.0. The Labute approximate surface area is 174 Å². The molecule has 3 rings (SSSR count). The minimum Gasteiger partial charge on any atom is -0.386 e. The lowest BCUT2D eigenvalue weighted by Gasteiger charge is -2.39. The second-order valence-corrected chi connectivity index (χ2v) is 8.47. The summed E-state index contributed by atoms with van der Waals surface area (Å²) >= 11 is 5.92. The Hall–Kier alpha value is -1.30. The molecule has 1 aliphatic heterocycles. The molecule has 1 aliphatic carbocycles. The molecule has 2 aliphatic rings. The van der Waals surface area contributed by atoms with Crippen molar-refractivity contribution in [1.82, 2.24) is 15.5 Å². The smallest absolute Gasteiger partial charge is 0.191 e. The molecule has 2 fully saturated rings. The zero-order chi connectivity index (χ0) is 19.8. The van der Waals surface area contributed by atoms with Gasteiger partial charge < -0.3 is 20.6 Å². The summed E-state index contributed by atoms with van der Waals surface area (Å²) in [7, 11) is 0. The number of aliphatic imine (C=N–C) groups is 1. The number of halogens is 1. The summed E-state index contributed by atoms with van der Waals surface area (Å²) in [5.74, 6) is 0.798. The van der Waals surface area contributed by atoms with E-state index in [4.69, 9.17) is 11.6 Å². The summed E-state index contributed by atoms with van der Waals surface area (Å²) in [6, 6.07) is 8.56. The van der Waals surface area contributed by atoms with Crippen LogP contribution < -0.4 is 10.6 Å². The van der Waals surface area contributed by atoms with Crippen LogP contribution >= 0.6 is 11.6 Å². The van der Waals surface area contributed by atoms with Crippen molar-refractivity contribution in [1.29, 1.82) is 0 Å². The Balaban J connectivity index is 1.48. The van der Waals surface area contributed by atoms with E-state index in [9.17, 15) is 5.11 Å². The summed E-state index contributed by atoms with van der Waals surface area (Å²) in [5.41, 5.74) is 0.838. The maximum absolute atomic E-state index is 10.4. The molecule has 28 heavy (non-hydrogen) atoms. The van der Waals surface area contributed by atoms with Gasteiger partial charge in [0.05, 0.1) is 12.6 Å². The zero-order valence-electron chi connectivity index (χ0n) is 17.0. The lowest BCUT2D eigenvalue weighted by Crippen LogP contribution is -2.51. The molecule has 6 heteroatoms. The van der Waals surface area contributed by atoms with Crippen LogP contribution in [-0.4, -0.2) is 54.2 Å². The number of aliphatic hydroxyl groups is 1. The average molecular weight is 407 g/mol. The summed E-state index contributed by atoms with van der Waals surface area (Å²) < 4.78 is 0. The molecule has 3 N–H and O–H groups in total. The minimum absolute atomic E-state index is 0.331. The fraction of sp³-hybridized carbons (Fsp3) is 0.682. The van der Waals surface area contributed by atoms with E-state index in [-0.39, 0.29) is 0 Å². The maximum Gasteiger partial charge on any atom is 0.191 e. The van der Waals surface area contributed by atoms with Gasteiger partial charge in [0, 0.05) is 36.7 Å². The van der Waals surface area contributed by atoms with E-state index in [1.54, 1.807) is 12.1 Å². The molecule has 1 unspecified atom stereocenters. The molecule has 1 atom stereocenters. The van der Waals surface area contributed by atoms with E-state index in [1.807, 2.05) is 12.1 Å². The highest BCUT2D eigenvalue weighted by Gasteiger charge is 2.26. The van der Waals surface area contributed by atoms with Crippen molar-refractivity contribution in [2.24, 2.45) is 4.99 Å². The van der Waals surface area contributed by atoms with Crippen LogP contribution in [0.2, 0.25) is 5.02 Å². The Morgan fingerprint density at radius 2 is 1.82 bits per heavy atom. The van der Waals surface area contributed by atoms with Crippen molar-refractivity contribution in [2.75, 3.05) is 26.2 Å². The van der Waals surface area contributed by atoms with Crippen LogP contribution in [0.5, 0.6) is 0 Å². The van der Waals surface area contributed by atoms with Gasteiger partial charge in [0.2, 0.25) is 0 Å². The fourth-order valence-corrected chi connectivity index (χ4v) is 4.46. The molecule has 1 aromatic rings. The summed E-state index contributed by atoms with van der Waals surface area (Å²) in [6.45, 7) is 5.56. The number of rotatable bonds is 6. The number of likely N-dealkylation sites (tertiary alicyclic amines) is 1. The van der Waals surface area contributed by atoms with Crippen LogP contribution in [0.1, 0.15) is 63.5 Å². The Bertz CT molecular complexity index is 607. The number of piperidine rings is 1. The highest BCUT2D eigenvalue weighted by molar-refractivity contribution is 6.30. The van der Waals surface area contributed by atoms with Crippen molar-refractivity contribution in [3.05, 3.63) is 34.9 Å². The van der Waals surface area contributed by atoms with Crippen molar-refractivity contribution in [3.63, 3.8) is 0 Å². The second-order valence-electron chi connectivity index (χ2n) is 8.03. The number of hydrogen-bond acceptors (Lipinski definition) is 3. The van der Waals surface area contributed by atoms with Gasteiger partial charge >= 0.3 is 0 Å². The minimum atomic E-state index is -0.624. The predicted molar refractivity (Wildman–Crippen MR) is 117 cm³/mol. The molecule has 0 bridgehead atoms. The number of nitrogens with one attached hydrogen (secondary N) is 2. The van der Waals surface area contributed by atoms with Gasteiger partial charge in [-0.15, -0.1) is 0 Å². The number of hydrogen-bond donors (Lipinski definition) is 3. The topological polar surface area (TPSA) is 59.9 Å². The van der Waals surface area contributed by atoms with Gasteiger partial charge in [-0.05, 0) is 50.3 Å². The van der Waals surface area contributed by atoms with Gasteiger partial charge in [-0.3, -0.25) is 4.99 Å². The first kappa shape index (κ1) is 21.4. The number of guanidine groups is 1. The molecule has 156 valence electrons. The molecule has 1 heterocycles. The fourth-order valence-electron chi connectivity index (χ4n) is 4.34. The molecular formula is C22H35ClN4O. The van der Waals surface area contributed by atoms with E-state index in [0.717, 1.165) is 37.0 Å². The van der Waals surface area contributed by atoms with Crippen molar-refractivity contribution in [3.8, 4) is 0 Å². The standard InChI is InChI=1S/C22H35ClN4O/c1-2-24-22(25-16-21(28)17-8-10-18(23)11-9-17)26-19-12-14-27(15-13-19)20-6-4-3-5-7-20/h8-11,19-21,28H,2-7,12-16H2,1H3,(H2,24,25,26). The first-order valence-corrected chi connectivity index (χ1v) is 11.3. The Kier molecular flexibility index (Phi) is 8.44. The van der Waals surface area contributed by atoms with Crippen molar-refractivity contribution in [2.45, 2.75) is 70.1 Å². The van der Waals surface area contributed by atoms with Crippen LogP contribution in [0.25, 0.3) is 0 Å². The maximum atomic E-state index is 10.4. The van der Waals surface area contributed by atoms with Crippen LogP contribution in [0.3, 0.4) is 0 Å². The van der Waals surface area contributed by atoms with Gasteiger partial charge in [-0.2, -0.15) is 0 Å². The van der Waals surface area contributed by atoms with Gasteiger partial charge in [0.25, 0.3) is 0 Å². The Morgan fingerprint density at radius 3 is 2.46 bits per heavy atom. The van der Waals surface area contributed by atoms with Crippen molar-refractivity contribution < 1.29 is 5.11 Å². The molecule has 1 saturated heterocycles. The molecule has 0 aromatic heterocycles. The van der Waals surface area contributed by atoms with Crippen molar-refractivity contribution >= 4 is 17.6 Å². The normalized spacial score (nSPS) is 21.5. The van der Waals surface area contributed by atoms with E-state index in [1.165, 1.54) is 45.2 Å². The summed E-state index contributed by atoms with van der Waals surface area (Å²) in [4.78, 5) is 7.31. The Morgan fingerprint density at radius 1 is 1.14 bits per heavy atom. The highest BCUT2D eigenvalue weighted by atomic mass is 35.5. The van der Waals surface area contributed by atoms with E-state index >= 15 is 0 Å². The zero-order valence-corrected chi connectivity index (χ0v) is 17.8. The highest BCUT2D eigenvalue weighted by Crippen LogP contribution is 2.25. The molecule has 0 radical (unpaired) electrons. The van der Waals surface area contributed by atoms with Gasteiger partial charge in [-0.1, -0.05) is 43.0 Å². The molecule has 5 nitrogen and oxygen atoms in total. The van der Waals surface area contributed by atoms with E-state index < -0.39 is 6.10 Å². The average Bonchev–Trinajstić information content (AvgIpc) is 2.73. The number of benzene rings is 1. The predicted octanol–water partition coefficient (Wildman–Crippen LogP) is 3.73. The van der Waals surface area contributed by atoms with Crippen LogP contribution in [-0.2, 0) is 0 Å². The van der Waals surface area contributed by atoms with Crippen LogP contribution in [0.4, 0.5) is 0 Å². The van der Waals surface area contributed by atoms with E-state index in [0.29, 0.717) is 17.6 Å². The molecular weight excluding hydrogens is 372 g/mol. The summed E-state index contributed by atoms with van der Waals surface area (Å²) in [6.07, 6.45) is 8.66.